The third kappa shape index (κ3) is 7.21. The molecule has 1 heterocycles. The lowest BCUT2D eigenvalue weighted by Crippen LogP contribution is -2.30. The second-order valence-electron chi connectivity index (χ2n) is 5.22. The smallest absolute Gasteiger partial charge is 0.179 e. The molecular weight excluding hydrogens is 310 g/mol. The van der Waals surface area contributed by atoms with Crippen LogP contribution < -0.4 is 4.57 Å². The fourth-order valence-corrected chi connectivity index (χ4v) is 2.29. The minimum atomic E-state index is -4.27. The molecule has 0 bridgehead atoms. The van der Waals surface area contributed by atoms with Crippen molar-refractivity contribution in [3.8, 4) is 0 Å². The molecule has 5 heteroatoms. The van der Waals surface area contributed by atoms with Gasteiger partial charge in [-0.05, 0) is 32.1 Å². The van der Waals surface area contributed by atoms with Crippen LogP contribution in [0.3, 0.4) is 0 Å². The van der Waals surface area contributed by atoms with Crippen LogP contribution in [0.5, 0.6) is 0 Å². The van der Waals surface area contributed by atoms with E-state index in [9.17, 15) is 13.0 Å². The van der Waals surface area contributed by atoms with Crippen molar-refractivity contribution in [3.05, 3.63) is 67.0 Å². The van der Waals surface area contributed by atoms with Gasteiger partial charge in [0.15, 0.2) is 18.1 Å². The van der Waals surface area contributed by atoms with Crippen molar-refractivity contribution in [1.29, 1.82) is 0 Å². The zero-order valence-corrected chi connectivity index (χ0v) is 14.4. The van der Waals surface area contributed by atoms with E-state index in [1.54, 1.807) is 12.1 Å². The summed E-state index contributed by atoms with van der Waals surface area (Å²) in [4.78, 5) is -0.178. The van der Waals surface area contributed by atoms with Crippen LogP contribution >= 0.6 is 0 Å². The lowest BCUT2D eigenvalue weighted by atomic mass is 10.2. The van der Waals surface area contributed by atoms with Crippen LogP contribution in [0.1, 0.15) is 31.7 Å². The highest BCUT2D eigenvalue weighted by molar-refractivity contribution is 7.85. The maximum atomic E-state index is 10.4. The average Bonchev–Trinajstić information content (AvgIpc) is 2.53. The molecule has 2 rings (SSSR count). The molecule has 0 saturated carbocycles. The van der Waals surface area contributed by atoms with E-state index in [-0.39, 0.29) is 4.90 Å². The number of pyridine rings is 1. The summed E-state index contributed by atoms with van der Waals surface area (Å²) in [5.74, 6) is 0. The quantitative estimate of drug-likeness (QED) is 0.621. The first-order valence-electron chi connectivity index (χ1n) is 7.51. The Labute approximate surface area is 138 Å². The SMILES string of the molecule is C=C(CCCC)[n+]1ccccc1.Cc1ccc(S(=O)(=O)[O-])cc1. The second-order valence-corrected chi connectivity index (χ2v) is 6.60. The number of allylic oxidation sites excluding steroid dienone is 1. The number of rotatable bonds is 5. The van der Waals surface area contributed by atoms with Gasteiger partial charge in [0.1, 0.15) is 10.1 Å². The normalized spacial score (nSPS) is 10.6. The number of aryl methyl sites for hydroxylation is 1. The van der Waals surface area contributed by atoms with Gasteiger partial charge in [-0.15, -0.1) is 0 Å². The zero-order chi connectivity index (χ0) is 17.3. The number of hydrogen-bond acceptors (Lipinski definition) is 3. The van der Waals surface area contributed by atoms with Crippen molar-refractivity contribution >= 4 is 15.8 Å². The minimum absolute atomic E-state index is 0.178. The van der Waals surface area contributed by atoms with Gasteiger partial charge in [0.2, 0.25) is 0 Å². The fourth-order valence-electron chi connectivity index (χ4n) is 1.82. The van der Waals surface area contributed by atoms with Crippen LogP contribution in [0.25, 0.3) is 5.70 Å². The van der Waals surface area contributed by atoms with Gasteiger partial charge in [0.05, 0.1) is 4.90 Å². The van der Waals surface area contributed by atoms with E-state index >= 15 is 0 Å². The molecule has 23 heavy (non-hydrogen) atoms. The Bertz CT molecular complexity index is 708. The van der Waals surface area contributed by atoms with Gasteiger partial charge in [-0.3, -0.25) is 0 Å². The van der Waals surface area contributed by atoms with Crippen LogP contribution in [0, 0.1) is 6.92 Å². The van der Waals surface area contributed by atoms with Crippen molar-refractivity contribution in [3.63, 3.8) is 0 Å². The number of nitrogens with zero attached hydrogens (tertiary/aromatic N) is 1. The summed E-state index contributed by atoms with van der Waals surface area (Å²) in [5.41, 5.74) is 2.11. The Hall–Kier alpha value is -1.98. The molecule has 0 atom stereocenters. The molecule has 1 aromatic heterocycles. The molecule has 1 aromatic carbocycles. The average molecular weight is 333 g/mol. The first kappa shape index (κ1) is 19.1. The topological polar surface area (TPSA) is 61.1 Å². The summed E-state index contributed by atoms with van der Waals surface area (Å²) in [7, 11) is -4.27. The van der Waals surface area contributed by atoms with Crippen LogP contribution in [0.15, 0.2) is 66.3 Å². The van der Waals surface area contributed by atoms with Crippen LogP contribution in [-0.2, 0) is 10.1 Å². The summed E-state index contributed by atoms with van der Waals surface area (Å²) in [6.45, 7) is 8.04. The van der Waals surface area contributed by atoms with Gasteiger partial charge in [0.25, 0.3) is 0 Å². The molecule has 2 aromatic rings. The van der Waals surface area contributed by atoms with Crippen molar-refractivity contribution in [2.24, 2.45) is 0 Å². The maximum absolute atomic E-state index is 10.4. The Morgan fingerprint density at radius 3 is 2.17 bits per heavy atom. The molecule has 0 aliphatic heterocycles. The lowest BCUT2D eigenvalue weighted by Gasteiger charge is -2.05. The van der Waals surface area contributed by atoms with Crippen LogP contribution in [-0.4, -0.2) is 13.0 Å². The van der Waals surface area contributed by atoms with E-state index in [0.29, 0.717) is 0 Å². The monoisotopic (exact) mass is 333 g/mol. The second kappa shape index (κ2) is 9.22. The van der Waals surface area contributed by atoms with E-state index < -0.39 is 10.1 Å². The van der Waals surface area contributed by atoms with Gasteiger partial charge in [-0.2, -0.15) is 4.57 Å². The maximum Gasteiger partial charge on any atom is 0.179 e. The molecule has 0 unspecified atom stereocenters. The third-order valence-electron chi connectivity index (χ3n) is 3.21. The molecule has 0 aliphatic carbocycles. The van der Waals surface area contributed by atoms with E-state index in [1.165, 1.54) is 30.7 Å². The summed E-state index contributed by atoms with van der Waals surface area (Å²) >= 11 is 0. The van der Waals surface area contributed by atoms with Gasteiger partial charge >= 0.3 is 0 Å². The van der Waals surface area contributed by atoms with Crippen molar-refractivity contribution in [2.45, 2.75) is 38.0 Å². The lowest BCUT2D eigenvalue weighted by molar-refractivity contribution is -0.583. The molecule has 0 aliphatic rings. The Morgan fingerprint density at radius 2 is 1.70 bits per heavy atom. The van der Waals surface area contributed by atoms with E-state index in [0.717, 1.165) is 12.0 Å². The van der Waals surface area contributed by atoms with E-state index in [2.05, 4.69) is 18.1 Å². The first-order valence-corrected chi connectivity index (χ1v) is 8.92. The Morgan fingerprint density at radius 1 is 1.13 bits per heavy atom. The highest BCUT2D eigenvalue weighted by Crippen LogP contribution is 2.08. The van der Waals surface area contributed by atoms with Crippen molar-refractivity contribution in [1.82, 2.24) is 0 Å². The van der Waals surface area contributed by atoms with Crippen molar-refractivity contribution < 1.29 is 17.5 Å². The highest BCUT2D eigenvalue weighted by Gasteiger charge is 2.03. The Balaban J connectivity index is 0.000000231. The van der Waals surface area contributed by atoms with E-state index in [4.69, 9.17) is 0 Å². The highest BCUT2D eigenvalue weighted by atomic mass is 32.2. The predicted octanol–water partition coefficient (Wildman–Crippen LogP) is 3.53. The fraction of sp³-hybridized carbons (Fsp3) is 0.278. The van der Waals surface area contributed by atoms with Gasteiger partial charge in [-0.25, -0.2) is 8.42 Å². The van der Waals surface area contributed by atoms with Crippen molar-refractivity contribution in [2.75, 3.05) is 0 Å². The number of benzene rings is 1. The summed E-state index contributed by atoms with van der Waals surface area (Å²) in [6.07, 6.45) is 7.62. The van der Waals surface area contributed by atoms with Gasteiger partial charge < -0.3 is 4.55 Å². The molecular formula is C18H23NO3S. The summed E-state index contributed by atoms with van der Waals surface area (Å²) in [6, 6.07) is 11.8. The summed E-state index contributed by atoms with van der Waals surface area (Å²) in [5, 5.41) is 0. The molecule has 4 nitrogen and oxygen atoms in total. The molecule has 0 N–H and O–H groups in total. The van der Waals surface area contributed by atoms with Gasteiger partial charge in [0, 0.05) is 18.6 Å². The van der Waals surface area contributed by atoms with E-state index in [1.807, 2.05) is 37.5 Å². The minimum Gasteiger partial charge on any atom is -0.744 e. The molecule has 124 valence electrons. The number of aromatic nitrogens is 1. The molecule has 0 spiro atoms. The standard InChI is InChI=1S/C11H16N.C7H8O3S/c1-3-4-8-11(2)12-9-6-5-7-10-12;1-6-2-4-7(5-3-6)11(8,9)10/h5-7,9-10H,2-4,8H2,1H3;2-5H,1H3,(H,8,9,10)/q+1;/p-1. The van der Waals surface area contributed by atoms with Crippen LogP contribution in [0.4, 0.5) is 0 Å². The summed E-state index contributed by atoms with van der Waals surface area (Å²) < 4.78 is 33.2. The Kier molecular flexibility index (Phi) is 7.65. The molecule has 0 amide bonds. The zero-order valence-electron chi connectivity index (χ0n) is 13.6. The number of hydrogen-bond donors (Lipinski definition) is 0. The predicted molar refractivity (Wildman–Crippen MR) is 90.6 cm³/mol. The van der Waals surface area contributed by atoms with Crippen LogP contribution in [0.2, 0.25) is 0 Å². The third-order valence-corrected chi connectivity index (χ3v) is 4.06. The number of unbranched alkanes of at least 4 members (excludes halogenated alkanes) is 1. The molecule has 0 radical (unpaired) electrons. The van der Waals surface area contributed by atoms with Gasteiger partial charge in [-0.1, -0.05) is 37.1 Å². The largest absolute Gasteiger partial charge is 0.744 e. The molecule has 0 saturated heterocycles. The molecule has 0 fully saturated rings. The first-order chi connectivity index (χ1) is 10.8.